The molecular formula is C27H25FN6O. The highest BCUT2D eigenvalue weighted by Gasteiger charge is 2.26. The lowest BCUT2D eigenvalue weighted by atomic mass is 9.85. The topological polar surface area (TPSA) is 109 Å². The molecular weight excluding hydrogens is 443 g/mol. The van der Waals surface area contributed by atoms with E-state index in [0.29, 0.717) is 17.9 Å². The maximum absolute atomic E-state index is 13.4. The lowest BCUT2D eigenvalue weighted by Crippen LogP contribution is -2.30. The number of hydrogen-bond acceptors (Lipinski definition) is 6. The molecule has 7 nitrogen and oxygen atoms in total. The molecule has 0 amide bonds. The van der Waals surface area contributed by atoms with Gasteiger partial charge in [0.25, 0.3) is 0 Å². The zero-order valence-corrected chi connectivity index (χ0v) is 19.0. The van der Waals surface area contributed by atoms with Gasteiger partial charge in [0, 0.05) is 17.0 Å². The number of benzene rings is 3. The lowest BCUT2D eigenvalue weighted by molar-refractivity contribution is 0.318. The number of hydrogen-bond donors (Lipinski definition) is 4. The Labute approximate surface area is 202 Å². The van der Waals surface area contributed by atoms with E-state index in [1.165, 1.54) is 5.56 Å². The van der Waals surface area contributed by atoms with Crippen LogP contribution in [0.15, 0.2) is 79.1 Å². The molecule has 3 aromatic carbocycles. The Morgan fingerprint density at radius 2 is 1.77 bits per heavy atom. The summed E-state index contributed by atoms with van der Waals surface area (Å²) in [6, 6.07) is 22.0. The minimum Gasteiger partial charge on any atom is -0.491 e. The standard InChI is InChI=1S/C27H25FN6O/c28-19-15-31-27(32-16-19)33-24-14-18(21-9-4-5-10-22(21)26(29)34-30)13-23-20(11-6-12-35-25(23)24)17-7-2-1-3-8-17/h1-5,7-10,13-16,20H,6,11-12,30H2,(H2,29,34)(H,31,32,33). The molecule has 4 aromatic rings. The number of anilines is 2. The van der Waals surface area contributed by atoms with Crippen LogP contribution in [0.3, 0.4) is 0 Å². The number of hydrazine groups is 1. The fourth-order valence-electron chi connectivity index (χ4n) is 4.50. The van der Waals surface area contributed by atoms with Crippen molar-refractivity contribution < 1.29 is 9.13 Å². The highest BCUT2D eigenvalue weighted by Crippen LogP contribution is 2.45. The SMILES string of the molecule is N=C(NN)c1ccccc1-c1cc(Nc2ncc(F)cn2)c2c(c1)C(c1ccccc1)CCCO2. The highest BCUT2D eigenvalue weighted by atomic mass is 19.1. The van der Waals surface area contributed by atoms with E-state index >= 15 is 0 Å². The average Bonchev–Trinajstić information content (AvgIpc) is 3.13. The highest BCUT2D eigenvalue weighted by molar-refractivity contribution is 6.02. The van der Waals surface area contributed by atoms with E-state index in [9.17, 15) is 4.39 Å². The van der Waals surface area contributed by atoms with Gasteiger partial charge in [0.05, 0.1) is 24.7 Å². The van der Waals surface area contributed by atoms with Crippen LogP contribution in [0.1, 0.15) is 35.4 Å². The van der Waals surface area contributed by atoms with E-state index in [4.69, 9.17) is 16.0 Å². The summed E-state index contributed by atoms with van der Waals surface area (Å²) in [5.74, 6) is 6.27. The molecule has 0 spiro atoms. The van der Waals surface area contributed by atoms with Crippen LogP contribution in [0, 0.1) is 11.2 Å². The molecule has 0 radical (unpaired) electrons. The first-order valence-electron chi connectivity index (χ1n) is 11.4. The van der Waals surface area contributed by atoms with Crippen molar-refractivity contribution >= 4 is 17.5 Å². The number of nitrogens with two attached hydrogens (primary N) is 1. The second kappa shape index (κ2) is 9.90. The fourth-order valence-corrected chi connectivity index (χ4v) is 4.50. The van der Waals surface area contributed by atoms with Crippen LogP contribution >= 0.6 is 0 Å². The van der Waals surface area contributed by atoms with Crippen LogP contribution in [0.25, 0.3) is 11.1 Å². The molecule has 1 unspecified atom stereocenters. The maximum atomic E-state index is 13.4. The molecule has 0 saturated carbocycles. The molecule has 0 fully saturated rings. The third-order valence-corrected chi connectivity index (χ3v) is 6.10. The van der Waals surface area contributed by atoms with Crippen LogP contribution in [0.2, 0.25) is 0 Å². The Morgan fingerprint density at radius 1 is 1.03 bits per heavy atom. The van der Waals surface area contributed by atoms with Crippen molar-refractivity contribution in [3.63, 3.8) is 0 Å². The summed E-state index contributed by atoms with van der Waals surface area (Å²) in [4.78, 5) is 8.14. The third-order valence-electron chi connectivity index (χ3n) is 6.10. The van der Waals surface area contributed by atoms with Gasteiger partial charge in [-0.3, -0.25) is 5.41 Å². The molecule has 2 heterocycles. The van der Waals surface area contributed by atoms with Gasteiger partial charge in [-0.2, -0.15) is 0 Å². The number of halogens is 1. The summed E-state index contributed by atoms with van der Waals surface area (Å²) in [5.41, 5.74) is 7.75. The molecule has 1 aromatic heterocycles. The summed E-state index contributed by atoms with van der Waals surface area (Å²) in [5, 5.41) is 11.5. The first-order valence-corrected chi connectivity index (χ1v) is 11.4. The first kappa shape index (κ1) is 22.5. The van der Waals surface area contributed by atoms with Gasteiger partial charge in [0.2, 0.25) is 5.95 Å². The number of nitrogens with one attached hydrogen (secondary N) is 3. The van der Waals surface area contributed by atoms with E-state index in [2.05, 4.69) is 38.9 Å². The molecule has 1 atom stereocenters. The number of amidine groups is 1. The van der Waals surface area contributed by atoms with Crippen molar-refractivity contribution in [1.29, 1.82) is 5.41 Å². The predicted octanol–water partition coefficient (Wildman–Crippen LogP) is 5.12. The fraction of sp³-hybridized carbons (Fsp3) is 0.148. The Hall–Kier alpha value is -4.30. The Morgan fingerprint density at radius 3 is 2.54 bits per heavy atom. The second-order valence-corrected chi connectivity index (χ2v) is 8.31. The van der Waals surface area contributed by atoms with Crippen molar-refractivity contribution in [2.75, 3.05) is 11.9 Å². The van der Waals surface area contributed by atoms with Crippen LogP contribution in [-0.2, 0) is 0 Å². The minimum atomic E-state index is -0.509. The summed E-state index contributed by atoms with van der Waals surface area (Å²) in [6.07, 6.45) is 4.06. The molecule has 1 aliphatic heterocycles. The molecule has 1 aliphatic rings. The second-order valence-electron chi connectivity index (χ2n) is 8.31. The summed E-state index contributed by atoms with van der Waals surface area (Å²) in [6.45, 7) is 0.576. The molecule has 0 bridgehead atoms. The van der Waals surface area contributed by atoms with Crippen molar-refractivity contribution in [2.24, 2.45) is 5.84 Å². The van der Waals surface area contributed by atoms with Gasteiger partial charge in [-0.15, -0.1) is 0 Å². The smallest absolute Gasteiger partial charge is 0.227 e. The van der Waals surface area contributed by atoms with Crippen LogP contribution in [0.5, 0.6) is 5.75 Å². The Balaban J connectivity index is 1.71. The summed E-state index contributed by atoms with van der Waals surface area (Å²) >= 11 is 0. The summed E-state index contributed by atoms with van der Waals surface area (Å²) in [7, 11) is 0. The predicted molar refractivity (Wildman–Crippen MR) is 134 cm³/mol. The Kier molecular flexibility index (Phi) is 6.36. The third kappa shape index (κ3) is 4.69. The van der Waals surface area contributed by atoms with Crippen LogP contribution in [-0.4, -0.2) is 22.4 Å². The van der Waals surface area contributed by atoms with Crippen LogP contribution < -0.4 is 21.3 Å². The van der Waals surface area contributed by atoms with Gasteiger partial charge < -0.3 is 15.5 Å². The molecule has 176 valence electrons. The molecule has 0 saturated heterocycles. The van der Waals surface area contributed by atoms with Gasteiger partial charge in [0.15, 0.2) is 5.82 Å². The number of aromatic nitrogens is 2. The van der Waals surface area contributed by atoms with Gasteiger partial charge >= 0.3 is 0 Å². The number of nitrogens with zero attached hydrogens (tertiary/aromatic N) is 2. The lowest BCUT2D eigenvalue weighted by Gasteiger charge is -2.22. The average molecular weight is 469 g/mol. The van der Waals surface area contributed by atoms with E-state index in [1.54, 1.807) is 0 Å². The van der Waals surface area contributed by atoms with Crippen molar-refractivity contribution in [1.82, 2.24) is 15.4 Å². The quantitative estimate of drug-likeness (QED) is 0.140. The van der Waals surface area contributed by atoms with Crippen molar-refractivity contribution in [3.05, 3.63) is 102 Å². The van der Waals surface area contributed by atoms with Gasteiger partial charge in [-0.1, -0.05) is 54.6 Å². The largest absolute Gasteiger partial charge is 0.491 e. The monoisotopic (exact) mass is 468 g/mol. The molecule has 5 rings (SSSR count). The van der Waals surface area contributed by atoms with Gasteiger partial charge in [0.1, 0.15) is 11.6 Å². The first-order chi connectivity index (χ1) is 17.1. The number of rotatable bonds is 5. The number of fused-ring (bicyclic) bond motifs is 1. The van der Waals surface area contributed by atoms with Crippen molar-refractivity contribution in [2.45, 2.75) is 18.8 Å². The van der Waals surface area contributed by atoms with E-state index in [1.807, 2.05) is 48.5 Å². The van der Waals surface area contributed by atoms with E-state index < -0.39 is 5.82 Å². The molecule has 0 aliphatic carbocycles. The van der Waals surface area contributed by atoms with E-state index in [0.717, 1.165) is 47.7 Å². The van der Waals surface area contributed by atoms with Crippen LogP contribution in [0.4, 0.5) is 16.0 Å². The summed E-state index contributed by atoms with van der Waals surface area (Å²) < 4.78 is 19.7. The number of ether oxygens (including phenoxy) is 1. The van der Waals surface area contributed by atoms with Gasteiger partial charge in [-0.25, -0.2) is 20.2 Å². The minimum absolute atomic E-state index is 0.114. The molecule has 5 N–H and O–H groups in total. The van der Waals surface area contributed by atoms with Gasteiger partial charge in [-0.05, 0) is 41.7 Å². The molecule has 8 heteroatoms. The normalized spacial score (nSPS) is 14.9. The maximum Gasteiger partial charge on any atom is 0.227 e. The van der Waals surface area contributed by atoms with Crippen molar-refractivity contribution in [3.8, 4) is 16.9 Å². The molecule has 35 heavy (non-hydrogen) atoms. The van der Waals surface area contributed by atoms with E-state index in [-0.39, 0.29) is 17.7 Å². The zero-order chi connectivity index (χ0) is 24.2. The zero-order valence-electron chi connectivity index (χ0n) is 19.0. The Bertz CT molecular complexity index is 1340.